The van der Waals surface area contributed by atoms with Gasteiger partial charge in [-0.05, 0) is 38.3 Å². The van der Waals surface area contributed by atoms with Crippen LogP contribution in [0.2, 0.25) is 0 Å². The van der Waals surface area contributed by atoms with Crippen molar-refractivity contribution in [1.29, 1.82) is 0 Å². The second-order valence-corrected chi connectivity index (χ2v) is 8.13. The summed E-state index contributed by atoms with van der Waals surface area (Å²) in [5, 5.41) is 14.1. The molecule has 2 aromatic rings. The van der Waals surface area contributed by atoms with Gasteiger partial charge in [0.1, 0.15) is 11.8 Å². The van der Waals surface area contributed by atoms with Crippen LogP contribution in [-0.4, -0.2) is 47.4 Å². The molecule has 184 valence electrons. The molecule has 0 aliphatic carbocycles. The molecule has 0 spiro atoms. The van der Waals surface area contributed by atoms with E-state index < -0.39 is 11.0 Å². The maximum Gasteiger partial charge on any atom is 0.311 e. The Morgan fingerprint density at radius 2 is 1.79 bits per heavy atom. The number of amides is 2. The fraction of sp³-hybridized carbons (Fsp3) is 0.440. The molecule has 0 saturated carbocycles. The van der Waals surface area contributed by atoms with Gasteiger partial charge < -0.3 is 19.7 Å². The van der Waals surface area contributed by atoms with E-state index in [1.54, 1.807) is 0 Å². The number of nitro benzene ring substituents is 1. The fourth-order valence-corrected chi connectivity index (χ4v) is 3.38. The second kappa shape index (κ2) is 12.6. The lowest BCUT2D eigenvalue weighted by Gasteiger charge is -2.31. The number of rotatable bonds is 12. The molecule has 2 atom stereocenters. The Kier molecular flexibility index (Phi) is 9.85. The van der Waals surface area contributed by atoms with E-state index in [-0.39, 0.29) is 48.2 Å². The molecule has 0 fully saturated rings. The van der Waals surface area contributed by atoms with Crippen LogP contribution in [0, 0.1) is 17.0 Å². The van der Waals surface area contributed by atoms with Gasteiger partial charge in [-0.2, -0.15) is 0 Å². The lowest BCUT2D eigenvalue weighted by Crippen LogP contribution is -2.51. The van der Waals surface area contributed by atoms with E-state index in [4.69, 9.17) is 9.47 Å². The predicted molar refractivity (Wildman–Crippen MR) is 129 cm³/mol. The highest BCUT2D eigenvalue weighted by atomic mass is 16.6. The van der Waals surface area contributed by atoms with Crippen LogP contribution in [0.1, 0.15) is 44.7 Å². The number of carbonyl (C=O) groups excluding carboxylic acids is 2. The zero-order valence-electron chi connectivity index (χ0n) is 20.4. The van der Waals surface area contributed by atoms with Gasteiger partial charge in [0.25, 0.3) is 5.91 Å². The highest BCUT2D eigenvalue weighted by Gasteiger charge is 2.29. The van der Waals surface area contributed by atoms with Gasteiger partial charge in [0.05, 0.1) is 12.0 Å². The number of nitrogens with one attached hydrogen (secondary N) is 1. The minimum atomic E-state index is -0.669. The third-order valence-corrected chi connectivity index (χ3v) is 5.57. The molecule has 9 nitrogen and oxygen atoms in total. The summed E-state index contributed by atoms with van der Waals surface area (Å²) in [6, 6.07) is 11.1. The summed E-state index contributed by atoms with van der Waals surface area (Å²) in [6.07, 6.45) is 1.21. The van der Waals surface area contributed by atoms with Gasteiger partial charge in [0.15, 0.2) is 6.61 Å². The standard InChI is InChI=1S/C25H33N3O6/c1-6-18(4)26-25(30)21(7-2)27(15-19-10-8-17(3)9-11-19)24(29)16-34-20-12-13-22(28(31)32)23(14-20)33-5/h8-14,18,21H,6-7,15-16H2,1-5H3,(H,26,30)/t18-,21-/m1/s1. The number of ether oxygens (including phenoxy) is 2. The predicted octanol–water partition coefficient (Wildman–Crippen LogP) is 4.01. The quantitative estimate of drug-likeness (QED) is 0.370. The Morgan fingerprint density at radius 1 is 1.12 bits per heavy atom. The summed E-state index contributed by atoms with van der Waals surface area (Å²) in [5.41, 5.74) is 1.79. The first-order chi connectivity index (χ1) is 16.2. The number of methoxy groups -OCH3 is 1. The lowest BCUT2D eigenvalue weighted by molar-refractivity contribution is -0.385. The molecule has 0 bridgehead atoms. The molecule has 2 aromatic carbocycles. The van der Waals surface area contributed by atoms with E-state index in [1.807, 2.05) is 52.0 Å². The van der Waals surface area contributed by atoms with Crippen LogP contribution < -0.4 is 14.8 Å². The Hall–Kier alpha value is -3.62. The molecular formula is C25H33N3O6. The topological polar surface area (TPSA) is 111 Å². The maximum atomic E-state index is 13.3. The molecule has 0 unspecified atom stereocenters. The van der Waals surface area contributed by atoms with Gasteiger partial charge in [-0.15, -0.1) is 0 Å². The summed E-state index contributed by atoms with van der Waals surface area (Å²) >= 11 is 0. The third-order valence-electron chi connectivity index (χ3n) is 5.57. The van der Waals surface area contributed by atoms with E-state index >= 15 is 0 Å². The summed E-state index contributed by atoms with van der Waals surface area (Å²) < 4.78 is 10.7. The number of aryl methyl sites for hydroxylation is 1. The van der Waals surface area contributed by atoms with E-state index in [9.17, 15) is 19.7 Å². The van der Waals surface area contributed by atoms with Crippen LogP contribution in [0.25, 0.3) is 0 Å². The van der Waals surface area contributed by atoms with Gasteiger partial charge >= 0.3 is 5.69 Å². The van der Waals surface area contributed by atoms with Crippen LogP contribution in [0.4, 0.5) is 5.69 Å². The second-order valence-electron chi connectivity index (χ2n) is 8.13. The Labute approximate surface area is 200 Å². The smallest absolute Gasteiger partial charge is 0.311 e. The third kappa shape index (κ3) is 7.19. The van der Waals surface area contributed by atoms with Gasteiger partial charge in [0.2, 0.25) is 11.7 Å². The van der Waals surface area contributed by atoms with Gasteiger partial charge in [-0.1, -0.05) is 43.7 Å². The molecule has 2 amide bonds. The lowest BCUT2D eigenvalue weighted by atomic mass is 10.1. The van der Waals surface area contributed by atoms with Crippen LogP contribution in [0.5, 0.6) is 11.5 Å². The Balaban J connectivity index is 2.24. The molecule has 34 heavy (non-hydrogen) atoms. The van der Waals surface area contributed by atoms with Crippen LogP contribution in [-0.2, 0) is 16.1 Å². The largest absolute Gasteiger partial charge is 0.490 e. The van der Waals surface area contributed by atoms with E-state index in [2.05, 4.69) is 5.32 Å². The van der Waals surface area contributed by atoms with Crippen LogP contribution in [0.3, 0.4) is 0 Å². The zero-order chi connectivity index (χ0) is 25.3. The molecule has 0 aromatic heterocycles. The van der Waals surface area contributed by atoms with Crippen molar-refractivity contribution in [2.75, 3.05) is 13.7 Å². The molecule has 2 rings (SSSR count). The molecule has 0 heterocycles. The number of nitrogens with zero attached hydrogens (tertiary/aromatic N) is 2. The molecule has 1 N–H and O–H groups in total. The van der Waals surface area contributed by atoms with Crippen molar-refractivity contribution in [2.24, 2.45) is 0 Å². The van der Waals surface area contributed by atoms with Crippen molar-refractivity contribution in [1.82, 2.24) is 10.2 Å². The summed E-state index contributed by atoms with van der Waals surface area (Å²) in [7, 11) is 1.32. The molecule has 0 aliphatic rings. The van der Waals surface area contributed by atoms with Gasteiger partial charge in [-0.3, -0.25) is 19.7 Å². The van der Waals surface area contributed by atoms with Crippen LogP contribution >= 0.6 is 0 Å². The van der Waals surface area contributed by atoms with Crippen molar-refractivity contribution in [3.63, 3.8) is 0 Å². The zero-order valence-corrected chi connectivity index (χ0v) is 20.4. The first kappa shape index (κ1) is 26.6. The number of hydrogen-bond donors (Lipinski definition) is 1. The Morgan fingerprint density at radius 3 is 2.35 bits per heavy atom. The molecule has 9 heteroatoms. The minimum Gasteiger partial charge on any atom is -0.490 e. The number of carbonyl (C=O) groups is 2. The monoisotopic (exact) mass is 471 g/mol. The molecule has 0 aliphatic heterocycles. The van der Waals surface area contributed by atoms with E-state index in [0.29, 0.717) is 6.42 Å². The van der Waals surface area contributed by atoms with Crippen LogP contribution in [0.15, 0.2) is 42.5 Å². The normalized spacial score (nSPS) is 12.4. The SMILES string of the molecule is CC[C@@H](C)NC(=O)[C@@H](CC)N(Cc1ccc(C)cc1)C(=O)COc1ccc([N+](=O)[O-])c(OC)c1. The van der Waals surface area contributed by atoms with Crippen molar-refractivity contribution < 1.29 is 24.0 Å². The van der Waals surface area contributed by atoms with E-state index in [0.717, 1.165) is 17.5 Å². The number of benzene rings is 2. The highest BCUT2D eigenvalue weighted by molar-refractivity contribution is 5.88. The minimum absolute atomic E-state index is 0.0123. The average Bonchev–Trinajstić information content (AvgIpc) is 2.83. The summed E-state index contributed by atoms with van der Waals surface area (Å²) in [4.78, 5) is 38.3. The van der Waals surface area contributed by atoms with Crippen molar-refractivity contribution in [3.05, 3.63) is 63.7 Å². The van der Waals surface area contributed by atoms with Crippen molar-refractivity contribution in [2.45, 2.75) is 59.2 Å². The van der Waals surface area contributed by atoms with Gasteiger partial charge in [0, 0.05) is 24.7 Å². The van der Waals surface area contributed by atoms with Crippen molar-refractivity contribution in [3.8, 4) is 11.5 Å². The maximum absolute atomic E-state index is 13.3. The first-order valence-electron chi connectivity index (χ1n) is 11.3. The first-order valence-corrected chi connectivity index (χ1v) is 11.3. The molecule has 0 saturated heterocycles. The highest BCUT2D eigenvalue weighted by Crippen LogP contribution is 2.30. The van der Waals surface area contributed by atoms with Gasteiger partial charge in [-0.25, -0.2) is 0 Å². The Bertz CT molecular complexity index is 993. The van der Waals surface area contributed by atoms with Crippen molar-refractivity contribution >= 4 is 17.5 Å². The number of nitro groups is 1. The fourth-order valence-electron chi connectivity index (χ4n) is 3.38. The number of hydrogen-bond acceptors (Lipinski definition) is 6. The molecule has 0 radical (unpaired) electrons. The summed E-state index contributed by atoms with van der Waals surface area (Å²) in [5.74, 6) is -0.299. The average molecular weight is 472 g/mol. The summed E-state index contributed by atoms with van der Waals surface area (Å²) in [6.45, 7) is 7.65. The van der Waals surface area contributed by atoms with E-state index in [1.165, 1.54) is 30.2 Å². The molecular weight excluding hydrogens is 438 g/mol.